The quantitative estimate of drug-likeness (QED) is 0.174. The molecular formula is C46H29N5. The fourth-order valence-corrected chi connectivity index (χ4v) is 7.20. The minimum absolute atomic E-state index is 0.626. The van der Waals surface area contributed by atoms with Crippen molar-refractivity contribution in [2.45, 2.75) is 0 Å². The molecule has 0 aliphatic carbocycles. The summed E-state index contributed by atoms with van der Waals surface area (Å²) in [5.41, 5.74) is 9.23. The molecule has 0 fully saturated rings. The second-order valence-corrected chi connectivity index (χ2v) is 12.7. The summed E-state index contributed by atoms with van der Waals surface area (Å²) >= 11 is 0. The summed E-state index contributed by atoms with van der Waals surface area (Å²) in [6, 6.07) is 61.0. The van der Waals surface area contributed by atoms with Crippen molar-refractivity contribution in [1.29, 1.82) is 0 Å². The van der Waals surface area contributed by atoms with Crippen LogP contribution in [0.5, 0.6) is 0 Å². The van der Waals surface area contributed by atoms with Crippen molar-refractivity contribution in [2.75, 3.05) is 0 Å². The maximum absolute atomic E-state index is 5.29. The Morgan fingerprint density at radius 2 is 0.824 bits per heavy atom. The molecule has 7 aromatic carbocycles. The zero-order valence-corrected chi connectivity index (χ0v) is 27.5. The smallest absolute Gasteiger partial charge is 0.164 e. The second kappa shape index (κ2) is 11.9. The lowest BCUT2D eigenvalue weighted by Gasteiger charge is -2.13. The summed E-state index contributed by atoms with van der Waals surface area (Å²) in [6.45, 7) is 0. The Labute approximate surface area is 294 Å². The highest BCUT2D eigenvalue weighted by Gasteiger charge is 2.18. The largest absolute Gasteiger partial charge is 0.309 e. The van der Waals surface area contributed by atoms with Crippen molar-refractivity contribution >= 4 is 43.5 Å². The Kier molecular flexibility index (Phi) is 6.74. The van der Waals surface area contributed by atoms with Crippen molar-refractivity contribution in [2.24, 2.45) is 0 Å². The molecule has 0 aliphatic heterocycles. The molecule has 0 aliphatic rings. The number of aromatic nitrogens is 5. The molecule has 3 aromatic heterocycles. The highest BCUT2D eigenvalue weighted by Crippen LogP contribution is 2.40. The van der Waals surface area contributed by atoms with Gasteiger partial charge in [-0.25, -0.2) is 19.9 Å². The summed E-state index contributed by atoms with van der Waals surface area (Å²) < 4.78 is 2.37. The van der Waals surface area contributed by atoms with E-state index in [1.54, 1.807) is 0 Å². The maximum Gasteiger partial charge on any atom is 0.164 e. The predicted molar refractivity (Wildman–Crippen MR) is 209 cm³/mol. The van der Waals surface area contributed by atoms with Crippen LogP contribution in [0.4, 0.5) is 0 Å². The molecule has 0 unspecified atom stereocenters. The zero-order valence-electron chi connectivity index (χ0n) is 27.5. The van der Waals surface area contributed by atoms with E-state index < -0.39 is 0 Å². The van der Waals surface area contributed by atoms with Gasteiger partial charge in [0.15, 0.2) is 17.5 Å². The van der Waals surface area contributed by atoms with Crippen molar-refractivity contribution in [3.8, 4) is 51.1 Å². The number of pyridine rings is 1. The van der Waals surface area contributed by atoms with E-state index in [1.807, 2.05) is 60.7 Å². The molecule has 0 bridgehead atoms. The van der Waals surface area contributed by atoms with Gasteiger partial charge in [-0.3, -0.25) is 0 Å². The number of hydrogen-bond donors (Lipinski definition) is 0. The molecule has 0 spiro atoms. The highest BCUT2D eigenvalue weighted by atomic mass is 15.0. The third-order valence-electron chi connectivity index (χ3n) is 9.62. The molecule has 5 nitrogen and oxygen atoms in total. The molecular weight excluding hydrogens is 623 g/mol. The van der Waals surface area contributed by atoms with Crippen LogP contribution in [0.3, 0.4) is 0 Å². The van der Waals surface area contributed by atoms with Gasteiger partial charge in [0, 0.05) is 49.5 Å². The van der Waals surface area contributed by atoms with Crippen LogP contribution in [0.15, 0.2) is 176 Å². The van der Waals surface area contributed by atoms with Crippen LogP contribution in [0, 0.1) is 0 Å². The van der Waals surface area contributed by atoms with E-state index in [9.17, 15) is 0 Å². The molecule has 0 saturated carbocycles. The van der Waals surface area contributed by atoms with E-state index in [-0.39, 0.29) is 0 Å². The first kappa shape index (κ1) is 29.0. The van der Waals surface area contributed by atoms with Crippen LogP contribution in [0.1, 0.15) is 0 Å². The maximum atomic E-state index is 5.29. The predicted octanol–water partition coefficient (Wildman–Crippen LogP) is 11.3. The van der Waals surface area contributed by atoms with Gasteiger partial charge in [0.25, 0.3) is 0 Å². The van der Waals surface area contributed by atoms with Gasteiger partial charge >= 0.3 is 0 Å². The highest BCUT2D eigenvalue weighted by molar-refractivity contribution is 6.20. The Morgan fingerprint density at radius 3 is 1.47 bits per heavy atom. The molecule has 10 rings (SSSR count). The summed E-state index contributed by atoms with van der Waals surface area (Å²) in [4.78, 5) is 20.0. The van der Waals surface area contributed by atoms with Gasteiger partial charge in [-0.15, -0.1) is 0 Å². The summed E-state index contributed by atoms with van der Waals surface area (Å²) in [5.74, 6) is 1.91. The van der Waals surface area contributed by atoms with E-state index >= 15 is 0 Å². The van der Waals surface area contributed by atoms with Crippen molar-refractivity contribution in [3.05, 3.63) is 176 Å². The lowest BCUT2D eigenvalue weighted by molar-refractivity contribution is 1.07. The number of fused-ring (bicyclic) bond motifs is 6. The Balaban J connectivity index is 1.16. The molecule has 0 N–H and O–H groups in total. The third-order valence-corrected chi connectivity index (χ3v) is 9.62. The normalized spacial score (nSPS) is 11.5. The standard InChI is InChI=1S/C46H29N5/c1-4-14-31(15-5-1)44-48-45(32-16-6-2-7-17-32)50-46(49-44)33-26-24-30(25-27-33)43-39-28-38-36-21-11-13-23-41(36)51(34-18-8-3-9-19-34)42(38)29-37(39)35-20-10-12-22-40(35)47-43/h1-29H. The van der Waals surface area contributed by atoms with Crippen LogP contribution < -0.4 is 0 Å². The fourth-order valence-electron chi connectivity index (χ4n) is 7.20. The molecule has 0 saturated heterocycles. The average molecular weight is 652 g/mol. The monoisotopic (exact) mass is 651 g/mol. The molecule has 0 atom stereocenters. The number of para-hydroxylation sites is 3. The molecule has 0 radical (unpaired) electrons. The lowest BCUT2D eigenvalue weighted by Crippen LogP contribution is -2.00. The van der Waals surface area contributed by atoms with Crippen LogP contribution in [-0.4, -0.2) is 24.5 Å². The van der Waals surface area contributed by atoms with E-state index in [0.29, 0.717) is 17.5 Å². The van der Waals surface area contributed by atoms with Crippen molar-refractivity contribution < 1.29 is 0 Å². The molecule has 238 valence electrons. The van der Waals surface area contributed by atoms with Crippen LogP contribution in [0.25, 0.3) is 94.6 Å². The molecule has 5 heteroatoms. The SMILES string of the molecule is c1ccc(-c2nc(-c3ccccc3)nc(-c3ccc(-c4nc5ccccc5c5cc6c(cc45)c4ccccc4n6-c4ccccc4)cc3)n2)cc1. The first-order valence-corrected chi connectivity index (χ1v) is 17.1. The molecule has 3 heterocycles. The van der Waals surface area contributed by atoms with Crippen LogP contribution in [0.2, 0.25) is 0 Å². The van der Waals surface area contributed by atoms with Gasteiger partial charge in [-0.2, -0.15) is 0 Å². The van der Waals surface area contributed by atoms with Crippen LogP contribution >= 0.6 is 0 Å². The van der Waals surface area contributed by atoms with E-state index in [4.69, 9.17) is 19.9 Å². The molecule has 0 amide bonds. The van der Waals surface area contributed by atoms with Gasteiger partial charge in [0.05, 0.1) is 22.2 Å². The summed E-state index contributed by atoms with van der Waals surface area (Å²) in [5, 5.41) is 5.83. The number of hydrogen-bond acceptors (Lipinski definition) is 4. The molecule has 51 heavy (non-hydrogen) atoms. The van der Waals surface area contributed by atoms with Gasteiger partial charge < -0.3 is 4.57 Å². The third kappa shape index (κ3) is 4.94. The Hall–Kier alpha value is -6.98. The van der Waals surface area contributed by atoms with Gasteiger partial charge in [0.2, 0.25) is 0 Å². The van der Waals surface area contributed by atoms with E-state index in [1.165, 1.54) is 27.2 Å². The van der Waals surface area contributed by atoms with E-state index in [2.05, 4.69) is 120 Å². The molecule has 10 aromatic rings. The van der Waals surface area contributed by atoms with E-state index in [0.717, 1.165) is 49.9 Å². The summed E-state index contributed by atoms with van der Waals surface area (Å²) in [7, 11) is 0. The minimum Gasteiger partial charge on any atom is -0.309 e. The number of rotatable bonds is 5. The van der Waals surface area contributed by atoms with Gasteiger partial charge in [-0.1, -0.05) is 140 Å². The van der Waals surface area contributed by atoms with Crippen molar-refractivity contribution in [1.82, 2.24) is 24.5 Å². The van der Waals surface area contributed by atoms with Gasteiger partial charge in [0.1, 0.15) is 0 Å². The van der Waals surface area contributed by atoms with Gasteiger partial charge in [-0.05, 0) is 41.8 Å². The summed E-state index contributed by atoms with van der Waals surface area (Å²) in [6.07, 6.45) is 0. The Morgan fingerprint density at radius 1 is 0.314 bits per heavy atom. The lowest BCUT2D eigenvalue weighted by atomic mass is 9.97. The minimum atomic E-state index is 0.626. The topological polar surface area (TPSA) is 56.5 Å². The Bertz CT molecular complexity index is 2820. The van der Waals surface area contributed by atoms with Crippen LogP contribution in [-0.2, 0) is 0 Å². The van der Waals surface area contributed by atoms with Crippen molar-refractivity contribution in [3.63, 3.8) is 0 Å². The second-order valence-electron chi connectivity index (χ2n) is 12.7. The fraction of sp³-hybridized carbons (Fsp3) is 0. The zero-order chi connectivity index (χ0) is 33.7. The average Bonchev–Trinajstić information content (AvgIpc) is 3.54. The number of benzene rings is 7. The first-order chi connectivity index (χ1) is 25.3. The number of nitrogens with zero attached hydrogens (tertiary/aromatic N) is 5. The first-order valence-electron chi connectivity index (χ1n) is 17.1.